The van der Waals surface area contributed by atoms with Gasteiger partial charge in [-0.1, -0.05) is 31.9 Å². The van der Waals surface area contributed by atoms with Crippen LogP contribution in [-0.2, 0) is 14.3 Å². The molecule has 12 heteroatoms. The number of methoxy groups -OCH3 is 1. The van der Waals surface area contributed by atoms with Gasteiger partial charge in [0, 0.05) is 5.69 Å². The summed E-state index contributed by atoms with van der Waals surface area (Å²) in [6.45, 7) is 4.28. The van der Waals surface area contributed by atoms with E-state index in [9.17, 15) is 19.2 Å². The maximum Gasteiger partial charge on any atom is 0.339 e. The Bertz CT molecular complexity index is 1300. The van der Waals surface area contributed by atoms with Crippen LogP contribution >= 0.6 is 46.0 Å². The lowest BCUT2D eigenvalue weighted by Gasteiger charge is -2.14. The third-order valence-corrected chi connectivity index (χ3v) is 7.41. The molecule has 1 fully saturated rings. The number of unbranched alkanes of at least 4 members (excludes halogenated alkanes) is 1. The maximum absolute atomic E-state index is 13.0. The summed E-state index contributed by atoms with van der Waals surface area (Å²) in [6, 6.07) is 7.91. The van der Waals surface area contributed by atoms with Gasteiger partial charge in [0.25, 0.3) is 11.1 Å². The molecule has 1 aliphatic rings. The van der Waals surface area contributed by atoms with E-state index in [4.69, 9.17) is 25.8 Å². The number of nitrogens with one attached hydrogen (secondary N) is 1. The predicted molar refractivity (Wildman–Crippen MR) is 159 cm³/mol. The molecule has 208 valence electrons. The van der Waals surface area contributed by atoms with E-state index < -0.39 is 29.6 Å². The number of imide groups is 1. The molecule has 0 spiro atoms. The highest BCUT2D eigenvalue weighted by Gasteiger charge is 2.36. The molecule has 1 heterocycles. The van der Waals surface area contributed by atoms with Crippen LogP contribution in [0.15, 0.2) is 35.2 Å². The zero-order chi connectivity index (χ0) is 28.5. The number of rotatable bonds is 12. The van der Waals surface area contributed by atoms with Crippen molar-refractivity contribution in [3.63, 3.8) is 0 Å². The van der Waals surface area contributed by atoms with E-state index in [1.165, 1.54) is 25.3 Å². The van der Waals surface area contributed by atoms with Crippen molar-refractivity contribution in [2.75, 3.05) is 32.2 Å². The summed E-state index contributed by atoms with van der Waals surface area (Å²) in [5, 5.41) is 2.21. The summed E-state index contributed by atoms with van der Waals surface area (Å²) in [5.74, 6) is -0.674. The number of amides is 3. The Morgan fingerprint density at radius 1 is 1.13 bits per heavy atom. The summed E-state index contributed by atoms with van der Waals surface area (Å²) in [6.07, 6.45) is 4.00. The zero-order valence-electron chi connectivity index (χ0n) is 21.7. The van der Waals surface area contributed by atoms with Gasteiger partial charge in [-0.3, -0.25) is 19.3 Å². The Morgan fingerprint density at radius 3 is 2.59 bits per heavy atom. The number of benzene rings is 2. The molecule has 0 unspecified atom stereocenters. The summed E-state index contributed by atoms with van der Waals surface area (Å²) >= 11 is 8.99. The molecular formula is C27H28ClIN2O7S. The smallest absolute Gasteiger partial charge is 0.339 e. The Labute approximate surface area is 249 Å². The largest absolute Gasteiger partial charge is 0.493 e. The number of ether oxygens (including phenoxy) is 3. The van der Waals surface area contributed by atoms with Crippen molar-refractivity contribution in [1.82, 2.24) is 4.90 Å². The van der Waals surface area contributed by atoms with Crippen LogP contribution in [0.2, 0.25) is 5.02 Å². The number of halogens is 2. The maximum atomic E-state index is 13.0. The number of thioether (sulfide) groups is 1. The normalized spacial score (nSPS) is 14.1. The van der Waals surface area contributed by atoms with Gasteiger partial charge in [0.1, 0.15) is 6.54 Å². The number of anilines is 1. The Hall–Kier alpha value is -2.77. The first-order valence-corrected chi connectivity index (χ1v) is 14.5. The molecule has 2 aromatic carbocycles. The van der Waals surface area contributed by atoms with Gasteiger partial charge in [-0.05, 0) is 89.2 Å². The molecule has 3 rings (SSSR count). The second-order valence-corrected chi connectivity index (χ2v) is 10.9. The molecule has 0 saturated carbocycles. The van der Waals surface area contributed by atoms with Crippen LogP contribution in [0, 0.1) is 3.57 Å². The highest BCUT2D eigenvalue weighted by Crippen LogP contribution is 2.37. The van der Waals surface area contributed by atoms with E-state index in [0.29, 0.717) is 23.7 Å². The van der Waals surface area contributed by atoms with Gasteiger partial charge in [0.15, 0.2) is 11.5 Å². The van der Waals surface area contributed by atoms with Gasteiger partial charge >= 0.3 is 5.97 Å². The lowest BCUT2D eigenvalue weighted by atomic mass is 10.2. The number of carbonyl (C=O) groups excluding carboxylic acids is 4. The van der Waals surface area contributed by atoms with E-state index in [0.717, 1.165) is 39.5 Å². The number of esters is 1. The van der Waals surface area contributed by atoms with Crippen molar-refractivity contribution < 1.29 is 33.4 Å². The van der Waals surface area contributed by atoms with Gasteiger partial charge < -0.3 is 19.5 Å². The third-order valence-electron chi connectivity index (χ3n) is 5.38. The number of hydrogen-bond acceptors (Lipinski definition) is 8. The molecule has 1 aliphatic heterocycles. The lowest BCUT2D eigenvalue weighted by Crippen LogP contribution is -2.36. The average molecular weight is 687 g/mol. The van der Waals surface area contributed by atoms with Crippen molar-refractivity contribution in [3.8, 4) is 11.5 Å². The second kappa shape index (κ2) is 14.6. The minimum atomic E-state index is -0.611. The summed E-state index contributed by atoms with van der Waals surface area (Å²) in [7, 11) is 1.53. The lowest BCUT2D eigenvalue weighted by molar-refractivity contribution is -0.127. The van der Waals surface area contributed by atoms with Gasteiger partial charge in [0.2, 0.25) is 5.91 Å². The van der Waals surface area contributed by atoms with E-state index in [-0.39, 0.29) is 27.8 Å². The number of carbonyl (C=O) groups is 4. The van der Waals surface area contributed by atoms with Gasteiger partial charge in [-0.15, -0.1) is 0 Å². The first-order chi connectivity index (χ1) is 18.7. The SMILES string of the molecule is CCCCOC(=O)c1cc(NC(=O)CN2C(=O)S/C(=C\c3cc(I)c(OCCC)c(OC)c3)C2=O)ccc1Cl. The van der Waals surface area contributed by atoms with Crippen LogP contribution in [0.5, 0.6) is 11.5 Å². The Kier molecular flexibility index (Phi) is 11.5. The highest BCUT2D eigenvalue weighted by molar-refractivity contribution is 14.1. The van der Waals surface area contributed by atoms with E-state index in [1.807, 2.05) is 19.9 Å². The average Bonchev–Trinajstić information content (AvgIpc) is 3.16. The fourth-order valence-electron chi connectivity index (χ4n) is 3.45. The van der Waals surface area contributed by atoms with Crippen LogP contribution in [0.3, 0.4) is 0 Å². The van der Waals surface area contributed by atoms with E-state index in [1.54, 1.807) is 12.1 Å². The molecule has 1 saturated heterocycles. The van der Waals surface area contributed by atoms with Crippen LogP contribution in [-0.4, -0.2) is 54.8 Å². The number of nitrogens with zero attached hydrogens (tertiary/aromatic N) is 1. The van der Waals surface area contributed by atoms with Gasteiger partial charge in [-0.2, -0.15) is 0 Å². The minimum Gasteiger partial charge on any atom is -0.493 e. The van der Waals surface area contributed by atoms with Gasteiger partial charge in [0.05, 0.1) is 39.4 Å². The molecule has 0 aliphatic carbocycles. The molecule has 3 amide bonds. The second-order valence-electron chi connectivity index (χ2n) is 8.38. The quantitative estimate of drug-likeness (QED) is 0.119. The molecule has 39 heavy (non-hydrogen) atoms. The molecule has 1 N–H and O–H groups in total. The van der Waals surface area contributed by atoms with Crippen LogP contribution in [0.4, 0.5) is 10.5 Å². The molecule has 0 radical (unpaired) electrons. The van der Waals surface area contributed by atoms with Crippen molar-refractivity contribution >= 4 is 80.7 Å². The van der Waals surface area contributed by atoms with Crippen LogP contribution in [0.1, 0.15) is 49.0 Å². The monoisotopic (exact) mass is 686 g/mol. The van der Waals surface area contributed by atoms with Crippen molar-refractivity contribution in [3.05, 3.63) is 55.0 Å². The summed E-state index contributed by atoms with van der Waals surface area (Å²) in [4.78, 5) is 51.6. The zero-order valence-corrected chi connectivity index (χ0v) is 25.4. The third kappa shape index (κ3) is 8.12. The number of hydrogen-bond donors (Lipinski definition) is 1. The van der Waals surface area contributed by atoms with Crippen LogP contribution < -0.4 is 14.8 Å². The molecule has 2 aromatic rings. The fraction of sp³-hybridized carbons (Fsp3) is 0.333. The van der Waals surface area contributed by atoms with Crippen molar-refractivity contribution in [2.24, 2.45) is 0 Å². The predicted octanol–water partition coefficient (Wildman–Crippen LogP) is 6.37. The van der Waals surface area contributed by atoms with Crippen LogP contribution in [0.25, 0.3) is 6.08 Å². The Morgan fingerprint density at radius 2 is 1.90 bits per heavy atom. The first-order valence-electron chi connectivity index (χ1n) is 12.2. The molecular weight excluding hydrogens is 659 g/mol. The molecule has 0 bridgehead atoms. The molecule has 0 aromatic heterocycles. The minimum absolute atomic E-state index is 0.107. The van der Waals surface area contributed by atoms with E-state index in [2.05, 4.69) is 27.9 Å². The Balaban J connectivity index is 1.70. The summed E-state index contributed by atoms with van der Waals surface area (Å²) < 4.78 is 17.2. The molecule has 0 atom stereocenters. The van der Waals surface area contributed by atoms with E-state index >= 15 is 0 Å². The first kappa shape index (κ1) is 30.8. The van der Waals surface area contributed by atoms with Gasteiger partial charge in [-0.25, -0.2) is 4.79 Å². The van der Waals surface area contributed by atoms with Crippen molar-refractivity contribution in [1.29, 1.82) is 0 Å². The fourth-order valence-corrected chi connectivity index (χ4v) is 5.26. The molecule has 9 nitrogen and oxygen atoms in total. The topological polar surface area (TPSA) is 111 Å². The standard InChI is InChI=1S/C27H28ClIN2O7S/c1-4-6-10-38-26(34)18-14-17(7-8-19(18)28)30-23(32)15-31-25(33)22(39-27(31)35)13-16-11-20(29)24(37-9-5-2)21(12-16)36-3/h7-8,11-14H,4-6,9-10,15H2,1-3H3,(H,30,32)/b22-13-. The highest BCUT2D eigenvalue weighted by atomic mass is 127. The van der Waals surface area contributed by atoms with Crippen molar-refractivity contribution in [2.45, 2.75) is 33.1 Å². The summed E-state index contributed by atoms with van der Waals surface area (Å²) in [5.41, 5.74) is 1.03.